The molecule has 0 aromatic heterocycles. The molecule has 3 nitrogen and oxygen atoms in total. The molecular weight excluding hydrogens is 228 g/mol. The predicted octanol–water partition coefficient (Wildman–Crippen LogP) is 2.30. The van der Waals surface area contributed by atoms with Crippen LogP contribution in [-0.4, -0.2) is 29.0 Å². The van der Waals surface area contributed by atoms with E-state index in [4.69, 9.17) is 9.84 Å². The molecule has 0 heterocycles. The Bertz CT molecular complexity index is 353. The van der Waals surface area contributed by atoms with Crippen LogP contribution in [0.5, 0.6) is 5.75 Å². The van der Waals surface area contributed by atoms with Crippen molar-refractivity contribution in [3.05, 3.63) is 29.8 Å². The smallest absolute Gasteiger partial charge is 0.119 e. The number of rotatable bonds is 5. The number of hydrogen-bond donors (Lipinski definition) is 2. The fourth-order valence-corrected chi connectivity index (χ4v) is 2.45. The third-order valence-corrected chi connectivity index (χ3v) is 3.62. The van der Waals surface area contributed by atoms with E-state index < -0.39 is 5.60 Å². The molecule has 0 bridgehead atoms. The maximum Gasteiger partial charge on any atom is 0.119 e. The highest BCUT2D eigenvalue weighted by Gasteiger charge is 2.29. The summed E-state index contributed by atoms with van der Waals surface area (Å²) < 4.78 is 5.67. The molecule has 0 atom stereocenters. The Balaban J connectivity index is 1.85. The first-order valence-electron chi connectivity index (χ1n) is 6.77. The van der Waals surface area contributed by atoms with E-state index in [1.165, 1.54) is 6.42 Å². The lowest BCUT2D eigenvalue weighted by molar-refractivity contribution is -0.0339. The van der Waals surface area contributed by atoms with Crippen molar-refractivity contribution in [1.29, 1.82) is 0 Å². The van der Waals surface area contributed by atoms with Gasteiger partial charge in [-0.3, -0.25) is 0 Å². The second kappa shape index (κ2) is 6.21. The van der Waals surface area contributed by atoms with Gasteiger partial charge in [0.05, 0.1) is 5.60 Å². The van der Waals surface area contributed by atoms with Gasteiger partial charge in [0, 0.05) is 6.61 Å². The normalized spacial score (nSPS) is 18.6. The van der Waals surface area contributed by atoms with E-state index in [2.05, 4.69) is 0 Å². The minimum Gasteiger partial charge on any atom is -0.491 e. The van der Waals surface area contributed by atoms with E-state index in [0.29, 0.717) is 13.0 Å². The zero-order valence-electron chi connectivity index (χ0n) is 10.8. The predicted molar refractivity (Wildman–Crippen MR) is 70.8 cm³/mol. The Morgan fingerprint density at radius 1 is 1.06 bits per heavy atom. The van der Waals surface area contributed by atoms with Crippen LogP contribution in [0.4, 0.5) is 0 Å². The molecule has 0 unspecified atom stereocenters. The molecule has 1 fully saturated rings. The zero-order chi connectivity index (χ0) is 12.8. The van der Waals surface area contributed by atoms with E-state index in [1.54, 1.807) is 0 Å². The van der Waals surface area contributed by atoms with Gasteiger partial charge >= 0.3 is 0 Å². The van der Waals surface area contributed by atoms with Crippen LogP contribution in [0.1, 0.15) is 37.7 Å². The van der Waals surface area contributed by atoms with Gasteiger partial charge in [-0.2, -0.15) is 0 Å². The van der Waals surface area contributed by atoms with Crippen molar-refractivity contribution >= 4 is 0 Å². The van der Waals surface area contributed by atoms with Crippen molar-refractivity contribution in [1.82, 2.24) is 0 Å². The molecule has 1 aromatic carbocycles. The summed E-state index contributed by atoms with van der Waals surface area (Å²) in [4.78, 5) is 0. The summed E-state index contributed by atoms with van der Waals surface area (Å²) in [6, 6.07) is 7.71. The number of hydrogen-bond acceptors (Lipinski definition) is 3. The van der Waals surface area contributed by atoms with Gasteiger partial charge in [0.2, 0.25) is 0 Å². The Hall–Kier alpha value is -1.06. The van der Waals surface area contributed by atoms with Gasteiger partial charge in [-0.05, 0) is 37.0 Å². The molecule has 100 valence electrons. The highest BCUT2D eigenvalue weighted by atomic mass is 16.5. The van der Waals surface area contributed by atoms with Crippen molar-refractivity contribution in [3.63, 3.8) is 0 Å². The van der Waals surface area contributed by atoms with Gasteiger partial charge in [-0.25, -0.2) is 0 Å². The molecule has 2 rings (SSSR count). The van der Waals surface area contributed by atoms with Gasteiger partial charge in [0.25, 0.3) is 0 Å². The number of aliphatic hydroxyl groups is 2. The van der Waals surface area contributed by atoms with Crippen LogP contribution in [0.15, 0.2) is 24.3 Å². The molecule has 0 aliphatic heterocycles. The number of ether oxygens (including phenoxy) is 1. The van der Waals surface area contributed by atoms with Crippen LogP contribution in [-0.2, 0) is 6.42 Å². The van der Waals surface area contributed by atoms with Gasteiger partial charge in [-0.15, -0.1) is 0 Å². The Morgan fingerprint density at radius 2 is 1.72 bits per heavy atom. The fourth-order valence-electron chi connectivity index (χ4n) is 2.45. The Morgan fingerprint density at radius 3 is 2.33 bits per heavy atom. The van der Waals surface area contributed by atoms with Crippen molar-refractivity contribution in [2.45, 2.75) is 44.1 Å². The van der Waals surface area contributed by atoms with Crippen molar-refractivity contribution in [2.75, 3.05) is 13.2 Å². The maximum atomic E-state index is 10.3. The van der Waals surface area contributed by atoms with E-state index in [1.807, 2.05) is 24.3 Å². The minimum atomic E-state index is -0.637. The van der Waals surface area contributed by atoms with E-state index in [9.17, 15) is 5.11 Å². The molecule has 1 saturated carbocycles. The lowest BCUT2D eigenvalue weighted by Gasteiger charge is -2.31. The fraction of sp³-hybridized carbons (Fsp3) is 0.600. The number of benzene rings is 1. The second-order valence-corrected chi connectivity index (χ2v) is 5.19. The summed E-state index contributed by atoms with van der Waals surface area (Å²) in [5.41, 5.74) is 0.461. The van der Waals surface area contributed by atoms with Crippen LogP contribution >= 0.6 is 0 Å². The molecule has 3 heteroatoms. The summed E-state index contributed by atoms with van der Waals surface area (Å²) in [5.74, 6) is 0.788. The van der Waals surface area contributed by atoms with E-state index >= 15 is 0 Å². The summed E-state index contributed by atoms with van der Waals surface area (Å²) in [7, 11) is 0. The highest BCUT2D eigenvalue weighted by molar-refractivity contribution is 5.27. The quantitative estimate of drug-likeness (QED) is 0.843. The molecule has 1 aromatic rings. The van der Waals surface area contributed by atoms with Crippen molar-refractivity contribution < 1.29 is 14.9 Å². The maximum absolute atomic E-state index is 10.3. The lowest BCUT2D eigenvalue weighted by Crippen LogP contribution is -2.37. The molecular formula is C15H22O3. The van der Waals surface area contributed by atoms with Gasteiger partial charge in [0.1, 0.15) is 12.4 Å². The largest absolute Gasteiger partial charge is 0.491 e. The number of aliphatic hydroxyl groups excluding tert-OH is 1. The van der Waals surface area contributed by atoms with Crippen LogP contribution in [0.25, 0.3) is 0 Å². The monoisotopic (exact) mass is 250 g/mol. The van der Waals surface area contributed by atoms with Crippen molar-refractivity contribution in [3.8, 4) is 5.75 Å². The Kier molecular flexibility index (Phi) is 4.61. The third-order valence-electron chi connectivity index (χ3n) is 3.62. The minimum absolute atomic E-state index is 0.167. The average Bonchev–Trinajstić information content (AvgIpc) is 2.39. The van der Waals surface area contributed by atoms with Gasteiger partial charge < -0.3 is 14.9 Å². The van der Waals surface area contributed by atoms with Crippen LogP contribution in [0.2, 0.25) is 0 Å². The van der Waals surface area contributed by atoms with Gasteiger partial charge in [0.15, 0.2) is 0 Å². The summed E-state index contributed by atoms with van der Waals surface area (Å²) in [5, 5.41) is 19.1. The van der Waals surface area contributed by atoms with Crippen LogP contribution in [0, 0.1) is 0 Å². The summed E-state index contributed by atoms with van der Waals surface area (Å²) >= 11 is 0. The average molecular weight is 250 g/mol. The van der Waals surface area contributed by atoms with Gasteiger partial charge in [-0.1, -0.05) is 31.4 Å². The molecule has 0 spiro atoms. The zero-order valence-corrected chi connectivity index (χ0v) is 10.8. The van der Waals surface area contributed by atoms with E-state index in [0.717, 1.165) is 37.0 Å². The van der Waals surface area contributed by atoms with Crippen LogP contribution in [0.3, 0.4) is 0 Å². The first-order chi connectivity index (χ1) is 8.72. The lowest BCUT2D eigenvalue weighted by atomic mass is 9.85. The topological polar surface area (TPSA) is 49.7 Å². The molecule has 0 radical (unpaired) electrons. The Labute approximate surface area is 108 Å². The third kappa shape index (κ3) is 3.72. The summed E-state index contributed by atoms with van der Waals surface area (Å²) in [6.45, 7) is 0.548. The molecule has 2 N–H and O–H groups in total. The highest BCUT2D eigenvalue weighted by Crippen LogP contribution is 2.28. The van der Waals surface area contributed by atoms with Crippen LogP contribution < -0.4 is 4.74 Å². The van der Waals surface area contributed by atoms with E-state index in [-0.39, 0.29) is 6.61 Å². The standard InChI is InChI=1S/C15H22O3/c16-11-8-13-4-6-14(7-5-13)18-12-15(17)9-2-1-3-10-15/h4-7,16-17H,1-3,8-12H2. The molecule has 0 amide bonds. The molecule has 1 aliphatic carbocycles. The molecule has 0 saturated heterocycles. The first-order valence-corrected chi connectivity index (χ1v) is 6.77. The second-order valence-electron chi connectivity index (χ2n) is 5.19. The van der Waals surface area contributed by atoms with Crippen molar-refractivity contribution in [2.24, 2.45) is 0 Å². The SMILES string of the molecule is OCCc1ccc(OCC2(O)CCCCC2)cc1. The first kappa shape index (κ1) is 13.4. The molecule has 18 heavy (non-hydrogen) atoms. The summed E-state index contributed by atoms with van der Waals surface area (Å²) in [6.07, 6.45) is 5.76. The molecule has 1 aliphatic rings.